The number of fused-ring (bicyclic) bond motifs is 1. The molecule has 12 heteroatoms. The maximum Gasteiger partial charge on any atom is 0.425 e. The molecule has 0 unspecified atom stereocenters. The number of likely N-dealkylation sites (N-methyl/N-ethyl adjacent to an activating group) is 1. The van der Waals surface area contributed by atoms with Crippen LogP contribution in [0.25, 0.3) is 5.69 Å². The number of aromatic nitrogens is 3. The predicted molar refractivity (Wildman–Crippen MR) is 108 cm³/mol. The smallest absolute Gasteiger partial charge is 0.425 e. The molecule has 8 nitrogen and oxygen atoms in total. The molecule has 1 aromatic heterocycles. The zero-order valence-corrected chi connectivity index (χ0v) is 18.0. The van der Waals surface area contributed by atoms with Gasteiger partial charge in [0, 0.05) is 32.1 Å². The number of nitrogens with one attached hydrogen (secondary N) is 1. The highest BCUT2D eigenvalue weighted by Crippen LogP contribution is 2.30. The van der Waals surface area contributed by atoms with Crippen LogP contribution < -0.4 is 15.7 Å². The number of benzene rings is 1. The quantitative estimate of drug-likeness (QED) is 0.642. The van der Waals surface area contributed by atoms with E-state index in [1.807, 2.05) is 0 Å². The molecule has 1 aliphatic rings. The van der Waals surface area contributed by atoms with Crippen LogP contribution in [0.3, 0.4) is 0 Å². The minimum absolute atomic E-state index is 0.191. The van der Waals surface area contributed by atoms with Gasteiger partial charge < -0.3 is 15.0 Å². The van der Waals surface area contributed by atoms with Gasteiger partial charge in [0.25, 0.3) is 5.91 Å². The zero-order chi connectivity index (χ0) is 23.6. The number of carbonyl (C=O) groups excluding carboxylic acids is 1. The number of aryl methyl sites for hydroxylation is 1. The third-order valence-electron chi connectivity index (χ3n) is 5.10. The molecule has 32 heavy (non-hydrogen) atoms. The summed E-state index contributed by atoms with van der Waals surface area (Å²) in [6, 6.07) is 1.68. The summed E-state index contributed by atoms with van der Waals surface area (Å²) in [6.07, 6.45) is -4.85. The number of amides is 1. The van der Waals surface area contributed by atoms with Crippen molar-refractivity contribution in [2.75, 3.05) is 27.2 Å². The second-order valence-electron chi connectivity index (χ2n) is 7.88. The molecule has 0 spiro atoms. The largest absolute Gasteiger partial charge is 0.480 e. The molecule has 2 heterocycles. The van der Waals surface area contributed by atoms with Crippen molar-refractivity contribution in [2.45, 2.75) is 45.0 Å². The molecule has 2 aromatic rings. The fourth-order valence-corrected chi connectivity index (χ4v) is 3.28. The number of alkyl halides is 3. The number of nitrogens with zero attached hydrogens (tertiary/aromatic N) is 4. The molecule has 1 aromatic carbocycles. The topological polar surface area (TPSA) is 81.4 Å². The van der Waals surface area contributed by atoms with Gasteiger partial charge in [0.15, 0.2) is 6.10 Å². The van der Waals surface area contributed by atoms with Crippen LogP contribution in [-0.2, 0) is 13.0 Å². The van der Waals surface area contributed by atoms with E-state index >= 15 is 0 Å². The lowest BCUT2D eigenvalue weighted by Crippen LogP contribution is -2.34. The van der Waals surface area contributed by atoms with E-state index in [1.54, 1.807) is 19.0 Å². The second-order valence-corrected chi connectivity index (χ2v) is 7.88. The van der Waals surface area contributed by atoms with Crippen LogP contribution in [0, 0.1) is 5.82 Å². The van der Waals surface area contributed by atoms with E-state index in [0.717, 1.165) is 36.6 Å². The Morgan fingerprint density at radius 2 is 2.03 bits per heavy atom. The molecular formula is C20H25F4N5O3. The normalized spacial score (nSPS) is 14.9. The monoisotopic (exact) mass is 459 g/mol. The molecule has 1 atom stereocenters. The Morgan fingerprint density at radius 3 is 2.66 bits per heavy atom. The fraction of sp³-hybridized carbons (Fsp3) is 0.550. The first-order valence-electron chi connectivity index (χ1n) is 10.2. The first-order valence-corrected chi connectivity index (χ1v) is 10.2. The van der Waals surface area contributed by atoms with E-state index in [2.05, 4.69) is 10.4 Å². The van der Waals surface area contributed by atoms with Gasteiger partial charge in [0.2, 0.25) is 0 Å². The fourth-order valence-electron chi connectivity index (χ4n) is 3.28. The van der Waals surface area contributed by atoms with Gasteiger partial charge >= 0.3 is 11.9 Å². The van der Waals surface area contributed by atoms with Gasteiger partial charge in [-0.2, -0.15) is 17.9 Å². The van der Waals surface area contributed by atoms with E-state index in [0.29, 0.717) is 25.3 Å². The average molecular weight is 459 g/mol. The van der Waals surface area contributed by atoms with Crippen LogP contribution in [-0.4, -0.2) is 64.6 Å². The van der Waals surface area contributed by atoms with Gasteiger partial charge in [-0.05, 0) is 39.9 Å². The van der Waals surface area contributed by atoms with Gasteiger partial charge in [-0.15, -0.1) is 5.10 Å². The summed E-state index contributed by atoms with van der Waals surface area (Å²) in [4.78, 5) is 27.0. The van der Waals surface area contributed by atoms with Crippen LogP contribution in [0.5, 0.6) is 5.75 Å². The van der Waals surface area contributed by atoms with Crippen LogP contribution in [0.15, 0.2) is 16.9 Å². The molecule has 1 amide bonds. The Balaban J connectivity index is 2.03. The Kier molecular flexibility index (Phi) is 6.91. The van der Waals surface area contributed by atoms with Gasteiger partial charge in [0.1, 0.15) is 23.1 Å². The van der Waals surface area contributed by atoms with Gasteiger partial charge in [0.05, 0.1) is 5.56 Å². The van der Waals surface area contributed by atoms with Crippen molar-refractivity contribution in [3.8, 4) is 11.4 Å². The Hall–Kier alpha value is -2.89. The predicted octanol–water partition coefficient (Wildman–Crippen LogP) is 2.13. The van der Waals surface area contributed by atoms with Crippen LogP contribution in [0.1, 0.15) is 35.9 Å². The van der Waals surface area contributed by atoms with E-state index in [9.17, 15) is 27.2 Å². The summed E-state index contributed by atoms with van der Waals surface area (Å²) in [6.45, 7) is 1.86. The molecule has 0 saturated heterocycles. The number of rotatable bonds is 7. The highest BCUT2D eigenvalue weighted by molar-refractivity contribution is 5.97. The summed E-state index contributed by atoms with van der Waals surface area (Å²) in [7, 11) is 3.56. The number of hydrogen-bond acceptors (Lipinski definition) is 5. The lowest BCUT2D eigenvalue weighted by molar-refractivity contribution is -0.189. The van der Waals surface area contributed by atoms with Crippen molar-refractivity contribution < 1.29 is 27.1 Å². The highest BCUT2D eigenvalue weighted by atomic mass is 19.4. The Morgan fingerprint density at radius 1 is 1.31 bits per heavy atom. The van der Waals surface area contributed by atoms with E-state index in [4.69, 9.17) is 4.74 Å². The zero-order valence-electron chi connectivity index (χ0n) is 18.0. The lowest BCUT2D eigenvalue weighted by Gasteiger charge is -2.20. The van der Waals surface area contributed by atoms with Crippen molar-refractivity contribution in [2.24, 2.45) is 0 Å². The summed E-state index contributed by atoms with van der Waals surface area (Å²) in [5.41, 5.74) is -1.39. The molecule has 0 fully saturated rings. The van der Waals surface area contributed by atoms with Crippen molar-refractivity contribution in [3.63, 3.8) is 0 Å². The molecule has 0 saturated carbocycles. The van der Waals surface area contributed by atoms with E-state index < -0.39 is 41.0 Å². The van der Waals surface area contributed by atoms with Crippen LogP contribution >= 0.6 is 0 Å². The van der Waals surface area contributed by atoms with Crippen molar-refractivity contribution >= 4 is 5.91 Å². The lowest BCUT2D eigenvalue weighted by atomic mass is 10.1. The minimum Gasteiger partial charge on any atom is -0.480 e. The van der Waals surface area contributed by atoms with Crippen LogP contribution in [0.4, 0.5) is 17.6 Å². The summed E-state index contributed by atoms with van der Waals surface area (Å²) < 4.78 is 61.5. The summed E-state index contributed by atoms with van der Waals surface area (Å²) >= 11 is 0. The van der Waals surface area contributed by atoms with Gasteiger partial charge in [-0.25, -0.2) is 9.18 Å². The molecule has 1 aliphatic heterocycles. The number of carbonyl (C=O) groups is 1. The molecule has 0 aliphatic carbocycles. The van der Waals surface area contributed by atoms with E-state index in [1.165, 1.54) is 4.57 Å². The first kappa shape index (κ1) is 23.8. The van der Waals surface area contributed by atoms with Crippen molar-refractivity contribution in [3.05, 3.63) is 39.8 Å². The molecule has 0 bridgehead atoms. The van der Waals surface area contributed by atoms with E-state index in [-0.39, 0.29) is 12.2 Å². The second kappa shape index (κ2) is 9.31. The average Bonchev–Trinajstić information content (AvgIpc) is 3.04. The summed E-state index contributed by atoms with van der Waals surface area (Å²) in [5.74, 6) is -1.80. The van der Waals surface area contributed by atoms with Gasteiger partial charge in [-0.3, -0.25) is 9.36 Å². The molecule has 3 rings (SSSR count). The van der Waals surface area contributed by atoms with Crippen molar-refractivity contribution in [1.29, 1.82) is 0 Å². The number of halogens is 4. The molecular weight excluding hydrogens is 434 g/mol. The van der Waals surface area contributed by atoms with Crippen LogP contribution in [0.2, 0.25) is 0 Å². The molecule has 0 radical (unpaired) electrons. The summed E-state index contributed by atoms with van der Waals surface area (Å²) in [5, 5.41) is 6.66. The molecule has 1 N–H and O–H groups in total. The number of ether oxygens (including phenoxy) is 1. The Bertz CT molecular complexity index is 1050. The van der Waals surface area contributed by atoms with Gasteiger partial charge in [-0.1, -0.05) is 0 Å². The Labute approximate surface area is 181 Å². The number of hydrogen-bond donors (Lipinski definition) is 1. The third-order valence-corrected chi connectivity index (χ3v) is 5.10. The minimum atomic E-state index is -4.71. The first-order chi connectivity index (χ1) is 15.0. The molecule has 176 valence electrons. The third kappa shape index (κ3) is 5.12. The standard InChI is InChI=1S/C20H25F4N5O3/c1-12(20(22,23)24)32-16-11-15(29-19(31)28-8-5-4-6-17(28)26-29)14(21)10-13(16)18(30)25-7-9-27(2)3/h10-12H,4-9H2,1-3H3,(H,25,30)/t12-/m0/s1. The van der Waals surface area contributed by atoms with Crippen molar-refractivity contribution in [1.82, 2.24) is 24.6 Å². The maximum absolute atomic E-state index is 15.0. The SMILES string of the molecule is C[C@H](Oc1cc(-n2nc3n(c2=O)CCCC3)c(F)cc1C(=O)NCCN(C)C)C(F)(F)F. The highest BCUT2D eigenvalue weighted by Gasteiger charge is 2.39. The maximum atomic E-state index is 15.0.